The van der Waals surface area contributed by atoms with Gasteiger partial charge in [0.2, 0.25) is 0 Å². The van der Waals surface area contributed by atoms with Crippen molar-refractivity contribution >= 4 is 45.7 Å². The van der Waals surface area contributed by atoms with E-state index in [2.05, 4.69) is 10.2 Å². The van der Waals surface area contributed by atoms with Crippen LogP contribution in [-0.2, 0) is 11.0 Å². The standard InChI is InChI=1S/C27H19ClF4N2O2/c1-2-18(19-9-8-17(28)13-22(19)27(30,31)32)25(16-6-3-15(4-7-16)5-12-24(35)36)20-10-11-23-21(26(20)29)14-33-34-23/h3-14H,2H2,1H3,(H,33,34)(H,35,36)/b12-5+,25-18+. The number of alkyl halides is 3. The molecule has 0 radical (unpaired) electrons. The zero-order valence-corrected chi connectivity index (χ0v) is 19.6. The fourth-order valence-electron chi connectivity index (χ4n) is 4.11. The number of carbonyl (C=O) groups is 1. The SMILES string of the molecule is CC/C(=C(/c1ccc(/C=C/C(=O)O)cc1)c1ccc2[nH]ncc2c1F)c1ccc(Cl)cc1C(F)(F)F. The minimum Gasteiger partial charge on any atom is -0.478 e. The number of halogens is 5. The molecular weight excluding hydrogens is 496 g/mol. The summed E-state index contributed by atoms with van der Waals surface area (Å²) in [5.74, 6) is -1.74. The topological polar surface area (TPSA) is 66.0 Å². The average molecular weight is 515 g/mol. The highest BCUT2D eigenvalue weighted by atomic mass is 35.5. The van der Waals surface area contributed by atoms with Crippen molar-refractivity contribution in [2.24, 2.45) is 0 Å². The molecule has 184 valence electrons. The Balaban J connectivity index is 2.04. The van der Waals surface area contributed by atoms with Crippen molar-refractivity contribution in [1.29, 1.82) is 0 Å². The number of nitrogens with zero attached hydrogens (tertiary/aromatic N) is 1. The second-order valence-electron chi connectivity index (χ2n) is 7.95. The normalized spacial score (nSPS) is 12.8. The number of aromatic nitrogens is 2. The minimum atomic E-state index is -4.69. The Morgan fingerprint density at radius 3 is 2.42 bits per heavy atom. The maximum Gasteiger partial charge on any atom is 0.417 e. The maximum absolute atomic E-state index is 15.7. The number of hydrogen-bond acceptors (Lipinski definition) is 2. The molecule has 0 saturated heterocycles. The number of nitrogens with one attached hydrogen (secondary N) is 1. The molecule has 0 bridgehead atoms. The van der Waals surface area contributed by atoms with Gasteiger partial charge in [-0.3, -0.25) is 5.10 Å². The molecule has 0 aliphatic heterocycles. The molecule has 0 fully saturated rings. The zero-order valence-electron chi connectivity index (χ0n) is 18.8. The van der Waals surface area contributed by atoms with Crippen LogP contribution in [-0.4, -0.2) is 21.3 Å². The van der Waals surface area contributed by atoms with E-state index in [0.29, 0.717) is 16.6 Å². The molecular formula is C27H19ClF4N2O2. The zero-order chi connectivity index (χ0) is 26.0. The Morgan fingerprint density at radius 2 is 1.78 bits per heavy atom. The first-order valence-electron chi connectivity index (χ1n) is 10.8. The van der Waals surface area contributed by atoms with E-state index in [9.17, 15) is 18.0 Å². The first-order chi connectivity index (χ1) is 17.1. The van der Waals surface area contributed by atoms with Gasteiger partial charge in [-0.25, -0.2) is 9.18 Å². The molecule has 0 aliphatic carbocycles. The Labute approximate surface area is 208 Å². The quantitative estimate of drug-likeness (QED) is 0.156. The van der Waals surface area contributed by atoms with Crippen LogP contribution in [0.4, 0.5) is 17.6 Å². The second-order valence-corrected chi connectivity index (χ2v) is 8.38. The first kappa shape index (κ1) is 25.2. The molecule has 1 heterocycles. The number of H-pyrrole nitrogens is 1. The van der Waals surface area contributed by atoms with Gasteiger partial charge in [-0.15, -0.1) is 0 Å². The molecule has 4 rings (SSSR count). The van der Waals surface area contributed by atoms with Crippen molar-refractivity contribution in [2.75, 3.05) is 0 Å². The molecule has 4 nitrogen and oxygen atoms in total. The fourth-order valence-corrected chi connectivity index (χ4v) is 4.28. The Bertz CT molecular complexity index is 1500. The molecule has 4 aromatic rings. The van der Waals surface area contributed by atoms with Gasteiger partial charge >= 0.3 is 12.1 Å². The second kappa shape index (κ2) is 9.99. The van der Waals surface area contributed by atoms with E-state index in [1.54, 1.807) is 37.3 Å². The Hall–Kier alpha value is -3.91. The first-order valence-corrected chi connectivity index (χ1v) is 11.2. The number of allylic oxidation sites excluding steroid dienone is 1. The molecule has 9 heteroatoms. The number of aliphatic carboxylic acids is 1. The summed E-state index contributed by atoms with van der Waals surface area (Å²) in [6, 6.07) is 13.1. The van der Waals surface area contributed by atoms with E-state index >= 15 is 4.39 Å². The van der Waals surface area contributed by atoms with Crippen LogP contribution < -0.4 is 0 Å². The van der Waals surface area contributed by atoms with Gasteiger partial charge in [0.25, 0.3) is 0 Å². The molecule has 2 N–H and O–H groups in total. The summed E-state index contributed by atoms with van der Waals surface area (Å²) >= 11 is 5.90. The summed E-state index contributed by atoms with van der Waals surface area (Å²) in [6.07, 6.45) is -0.858. The fraction of sp³-hybridized carbons (Fsp3) is 0.111. The van der Waals surface area contributed by atoms with Gasteiger partial charge in [-0.2, -0.15) is 18.3 Å². The monoisotopic (exact) mass is 514 g/mol. The molecule has 0 atom stereocenters. The summed E-state index contributed by atoms with van der Waals surface area (Å²) in [5, 5.41) is 15.5. The van der Waals surface area contributed by atoms with Gasteiger partial charge in [-0.05, 0) is 64.6 Å². The molecule has 36 heavy (non-hydrogen) atoms. The van der Waals surface area contributed by atoms with Crippen molar-refractivity contribution in [1.82, 2.24) is 10.2 Å². The van der Waals surface area contributed by atoms with E-state index in [-0.39, 0.29) is 39.1 Å². The third kappa shape index (κ3) is 5.04. The number of carboxylic acid groups (broad SMARTS) is 1. The van der Waals surface area contributed by atoms with Crippen molar-refractivity contribution in [3.63, 3.8) is 0 Å². The van der Waals surface area contributed by atoms with Gasteiger partial charge in [0, 0.05) is 16.7 Å². The lowest BCUT2D eigenvalue weighted by molar-refractivity contribution is -0.137. The van der Waals surface area contributed by atoms with Crippen LogP contribution in [0, 0.1) is 5.82 Å². The van der Waals surface area contributed by atoms with E-state index < -0.39 is 23.5 Å². The number of rotatable bonds is 6. The van der Waals surface area contributed by atoms with Crippen LogP contribution in [0.1, 0.15) is 41.2 Å². The van der Waals surface area contributed by atoms with E-state index in [1.807, 2.05) is 0 Å². The van der Waals surface area contributed by atoms with Crippen LogP contribution in [0.25, 0.3) is 28.1 Å². The van der Waals surface area contributed by atoms with Gasteiger partial charge < -0.3 is 5.11 Å². The average Bonchev–Trinajstić information content (AvgIpc) is 3.32. The van der Waals surface area contributed by atoms with Gasteiger partial charge in [0.05, 0.1) is 22.7 Å². The molecule has 0 saturated carbocycles. The largest absolute Gasteiger partial charge is 0.478 e. The van der Waals surface area contributed by atoms with Gasteiger partial charge in [-0.1, -0.05) is 48.9 Å². The van der Waals surface area contributed by atoms with Crippen LogP contribution in [0.5, 0.6) is 0 Å². The summed E-state index contributed by atoms with van der Waals surface area (Å²) in [5.41, 5.74) is 1.11. The summed E-state index contributed by atoms with van der Waals surface area (Å²) in [4.78, 5) is 10.8. The number of carboxylic acids is 1. The lowest BCUT2D eigenvalue weighted by atomic mass is 9.85. The minimum absolute atomic E-state index is 0.0661. The van der Waals surface area contributed by atoms with Gasteiger partial charge in [0.15, 0.2) is 0 Å². The lowest BCUT2D eigenvalue weighted by Gasteiger charge is -2.21. The van der Waals surface area contributed by atoms with E-state index in [1.165, 1.54) is 30.5 Å². The molecule has 3 aromatic carbocycles. The highest BCUT2D eigenvalue weighted by Gasteiger charge is 2.35. The van der Waals surface area contributed by atoms with Crippen LogP contribution in [0.15, 0.2) is 66.9 Å². The van der Waals surface area contributed by atoms with Crippen molar-refractivity contribution < 1.29 is 27.5 Å². The predicted molar refractivity (Wildman–Crippen MR) is 132 cm³/mol. The molecule has 0 aliphatic rings. The summed E-state index contributed by atoms with van der Waals surface area (Å²) < 4.78 is 57.8. The number of hydrogen-bond donors (Lipinski definition) is 2. The third-order valence-electron chi connectivity index (χ3n) is 5.71. The van der Waals surface area contributed by atoms with Crippen LogP contribution >= 0.6 is 11.6 Å². The number of benzene rings is 3. The maximum atomic E-state index is 15.7. The molecule has 0 unspecified atom stereocenters. The number of aromatic amines is 1. The smallest absolute Gasteiger partial charge is 0.417 e. The highest BCUT2D eigenvalue weighted by molar-refractivity contribution is 6.30. The van der Waals surface area contributed by atoms with Gasteiger partial charge in [0.1, 0.15) is 5.82 Å². The van der Waals surface area contributed by atoms with Crippen molar-refractivity contribution in [2.45, 2.75) is 19.5 Å². The summed E-state index contributed by atoms with van der Waals surface area (Å²) in [7, 11) is 0. The van der Waals surface area contributed by atoms with Crippen molar-refractivity contribution in [3.8, 4) is 0 Å². The molecule has 0 spiro atoms. The predicted octanol–water partition coefficient (Wildman–Crippen LogP) is 7.84. The van der Waals surface area contributed by atoms with E-state index in [0.717, 1.165) is 12.1 Å². The van der Waals surface area contributed by atoms with Crippen LogP contribution in [0.3, 0.4) is 0 Å². The third-order valence-corrected chi connectivity index (χ3v) is 5.95. The van der Waals surface area contributed by atoms with Crippen LogP contribution in [0.2, 0.25) is 5.02 Å². The highest BCUT2D eigenvalue weighted by Crippen LogP contribution is 2.42. The van der Waals surface area contributed by atoms with Crippen molar-refractivity contribution in [3.05, 3.63) is 106 Å². The lowest BCUT2D eigenvalue weighted by Crippen LogP contribution is -2.10. The van der Waals surface area contributed by atoms with E-state index in [4.69, 9.17) is 16.7 Å². The Kier molecular flexibility index (Phi) is 6.99. The molecule has 0 amide bonds. The number of fused-ring (bicyclic) bond motifs is 1. The summed E-state index contributed by atoms with van der Waals surface area (Å²) in [6.45, 7) is 1.70. The Morgan fingerprint density at radius 1 is 1.08 bits per heavy atom. The molecule has 1 aromatic heterocycles.